The molecule has 0 saturated carbocycles. The molecule has 1 atom stereocenters. The van der Waals surface area contributed by atoms with Crippen LogP contribution in [0.4, 0.5) is 0 Å². The van der Waals surface area contributed by atoms with Crippen LogP contribution in [-0.2, 0) is 13.6 Å². The zero-order valence-electron chi connectivity index (χ0n) is 13.3. The summed E-state index contributed by atoms with van der Waals surface area (Å²) in [5.74, 6) is 1.06. The third kappa shape index (κ3) is 3.58. The molecule has 0 bridgehead atoms. The standard InChI is InChI=1S/C16H26N4/c1-12(8-9-19(3)4)17-11-14-6-7-16-15(10-14)18-13(2)20(16)5/h6-7,10,12,17H,8-9,11H2,1-5H3. The summed E-state index contributed by atoms with van der Waals surface area (Å²) in [6.45, 7) is 6.31. The van der Waals surface area contributed by atoms with Gasteiger partial charge >= 0.3 is 0 Å². The first-order valence-electron chi connectivity index (χ1n) is 7.27. The highest BCUT2D eigenvalue weighted by molar-refractivity contribution is 5.76. The molecule has 4 heteroatoms. The van der Waals surface area contributed by atoms with Crippen LogP contribution in [0.5, 0.6) is 0 Å². The number of nitrogens with one attached hydrogen (secondary N) is 1. The van der Waals surface area contributed by atoms with Crippen molar-refractivity contribution in [2.75, 3.05) is 20.6 Å². The van der Waals surface area contributed by atoms with Crippen molar-refractivity contribution in [3.8, 4) is 0 Å². The summed E-state index contributed by atoms with van der Waals surface area (Å²) in [7, 11) is 6.29. The number of imidazole rings is 1. The molecule has 1 aromatic carbocycles. The number of fused-ring (bicyclic) bond motifs is 1. The predicted octanol–water partition coefficient (Wildman–Crippen LogP) is 2.31. The molecule has 0 amide bonds. The number of rotatable bonds is 6. The molecule has 110 valence electrons. The van der Waals surface area contributed by atoms with Crippen molar-refractivity contribution in [3.63, 3.8) is 0 Å². The first-order valence-corrected chi connectivity index (χ1v) is 7.27. The van der Waals surface area contributed by atoms with E-state index in [1.165, 1.54) is 11.1 Å². The van der Waals surface area contributed by atoms with Crippen molar-refractivity contribution in [2.45, 2.75) is 32.9 Å². The Morgan fingerprint density at radius 2 is 2.10 bits per heavy atom. The van der Waals surface area contributed by atoms with E-state index in [1.54, 1.807) is 0 Å². The van der Waals surface area contributed by atoms with Gasteiger partial charge in [0, 0.05) is 19.6 Å². The lowest BCUT2D eigenvalue weighted by molar-refractivity contribution is 0.365. The first-order chi connectivity index (χ1) is 9.47. The third-order valence-corrected chi connectivity index (χ3v) is 3.83. The summed E-state index contributed by atoms with van der Waals surface area (Å²) >= 11 is 0. The quantitative estimate of drug-likeness (QED) is 0.877. The van der Waals surface area contributed by atoms with Crippen LogP contribution in [0.2, 0.25) is 0 Å². The zero-order chi connectivity index (χ0) is 14.7. The van der Waals surface area contributed by atoms with Gasteiger partial charge in [-0.1, -0.05) is 6.07 Å². The average Bonchev–Trinajstić information content (AvgIpc) is 2.69. The Hall–Kier alpha value is -1.39. The lowest BCUT2D eigenvalue weighted by atomic mass is 10.1. The van der Waals surface area contributed by atoms with Crippen LogP contribution in [0.3, 0.4) is 0 Å². The van der Waals surface area contributed by atoms with Gasteiger partial charge < -0.3 is 14.8 Å². The summed E-state index contributed by atoms with van der Waals surface area (Å²) in [5, 5.41) is 3.58. The van der Waals surface area contributed by atoms with Gasteiger partial charge in [0.1, 0.15) is 5.82 Å². The average molecular weight is 274 g/mol. The van der Waals surface area contributed by atoms with Crippen molar-refractivity contribution >= 4 is 11.0 Å². The molecule has 2 rings (SSSR count). The second kappa shape index (κ2) is 6.37. The van der Waals surface area contributed by atoms with Crippen LogP contribution in [0.15, 0.2) is 18.2 Å². The van der Waals surface area contributed by atoms with Gasteiger partial charge in [-0.15, -0.1) is 0 Å². The Bertz CT molecular complexity index is 571. The number of aromatic nitrogens is 2. The van der Waals surface area contributed by atoms with Gasteiger partial charge in [0.05, 0.1) is 11.0 Å². The minimum atomic E-state index is 0.526. The maximum atomic E-state index is 4.59. The fraction of sp³-hybridized carbons (Fsp3) is 0.562. The molecule has 0 aliphatic rings. The molecule has 1 aromatic heterocycles. The van der Waals surface area contributed by atoms with Crippen LogP contribution in [0.1, 0.15) is 24.7 Å². The molecule has 0 aliphatic carbocycles. The molecule has 0 saturated heterocycles. The highest BCUT2D eigenvalue weighted by atomic mass is 15.1. The van der Waals surface area contributed by atoms with Gasteiger partial charge in [-0.2, -0.15) is 0 Å². The van der Waals surface area contributed by atoms with Gasteiger partial charge in [0.15, 0.2) is 0 Å². The fourth-order valence-electron chi connectivity index (χ4n) is 2.32. The molecule has 0 radical (unpaired) electrons. The predicted molar refractivity (Wildman–Crippen MR) is 84.9 cm³/mol. The highest BCUT2D eigenvalue weighted by Crippen LogP contribution is 2.16. The molecule has 0 fully saturated rings. The summed E-state index contributed by atoms with van der Waals surface area (Å²) in [5.41, 5.74) is 3.59. The van der Waals surface area contributed by atoms with Crippen molar-refractivity contribution in [3.05, 3.63) is 29.6 Å². The van der Waals surface area contributed by atoms with Crippen molar-refractivity contribution in [2.24, 2.45) is 7.05 Å². The molecule has 2 aromatic rings. The number of nitrogens with zero attached hydrogens (tertiary/aromatic N) is 3. The molecule has 1 heterocycles. The zero-order valence-corrected chi connectivity index (χ0v) is 13.3. The van der Waals surface area contributed by atoms with Gasteiger partial charge in [-0.3, -0.25) is 0 Å². The van der Waals surface area contributed by atoms with E-state index in [2.05, 4.69) is 66.0 Å². The molecule has 4 nitrogen and oxygen atoms in total. The maximum absolute atomic E-state index is 4.59. The Morgan fingerprint density at radius 1 is 1.35 bits per heavy atom. The van der Waals surface area contributed by atoms with E-state index in [0.717, 1.165) is 30.9 Å². The van der Waals surface area contributed by atoms with Gasteiger partial charge in [0.2, 0.25) is 0 Å². The van der Waals surface area contributed by atoms with Crippen LogP contribution in [0, 0.1) is 6.92 Å². The second-order valence-electron chi connectivity index (χ2n) is 5.92. The van der Waals surface area contributed by atoms with E-state index in [1.807, 2.05) is 6.92 Å². The third-order valence-electron chi connectivity index (χ3n) is 3.83. The van der Waals surface area contributed by atoms with E-state index >= 15 is 0 Å². The van der Waals surface area contributed by atoms with Gasteiger partial charge in [-0.25, -0.2) is 4.98 Å². The summed E-state index contributed by atoms with van der Waals surface area (Å²) in [4.78, 5) is 6.81. The summed E-state index contributed by atoms with van der Waals surface area (Å²) < 4.78 is 2.13. The fourth-order valence-corrected chi connectivity index (χ4v) is 2.32. The van der Waals surface area contributed by atoms with E-state index in [9.17, 15) is 0 Å². The number of aryl methyl sites for hydroxylation is 2. The van der Waals surface area contributed by atoms with Crippen LogP contribution >= 0.6 is 0 Å². The van der Waals surface area contributed by atoms with Gasteiger partial charge in [0.25, 0.3) is 0 Å². The lowest BCUT2D eigenvalue weighted by Crippen LogP contribution is -2.29. The summed E-state index contributed by atoms with van der Waals surface area (Å²) in [6.07, 6.45) is 1.16. The lowest BCUT2D eigenvalue weighted by Gasteiger charge is -2.16. The maximum Gasteiger partial charge on any atom is 0.106 e. The number of benzene rings is 1. The molecule has 1 unspecified atom stereocenters. The Labute approximate surface area is 121 Å². The minimum Gasteiger partial charge on any atom is -0.331 e. The van der Waals surface area contributed by atoms with E-state index in [-0.39, 0.29) is 0 Å². The van der Waals surface area contributed by atoms with Crippen LogP contribution in [0.25, 0.3) is 11.0 Å². The minimum absolute atomic E-state index is 0.526. The number of hydrogen-bond donors (Lipinski definition) is 1. The van der Waals surface area contributed by atoms with E-state index in [0.29, 0.717) is 6.04 Å². The Balaban J connectivity index is 1.96. The van der Waals surface area contributed by atoms with Crippen LogP contribution < -0.4 is 5.32 Å². The Kier molecular flexibility index (Phi) is 4.78. The molecular formula is C16H26N4. The second-order valence-corrected chi connectivity index (χ2v) is 5.92. The van der Waals surface area contributed by atoms with Crippen molar-refractivity contribution in [1.29, 1.82) is 0 Å². The normalized spacial score (nSPS) is 13.3. The van der Waals surface area contributed by atoms with E-state index in [4.69, 9.17) is 0 Å². The highest BCUT2D eigenvalue weighted by Gasteiger charge is 2.06. The first kappa shape index (κ1) is 15.0. The van der Waals surface area contributed by atoms with Gasteiger partial charge in [-0.05, 0) is 58.6 Å². The molecule has 0 aliphatic heterocycles. The molecule has 20 heavy (non-hydrogen) atoms. The van der Waals surface area contributed by atoms with Crippen molar-refractivity contribution in [1.82, 2.24) is 19.8 Å². The summed E-state index contributed by atoms with van der Waals surface area (Å²) in [6, 6.07) is 7.07. The Morgan fingerprint density at radius 3 is 2.80 bits per heavy atom. The monoisotopic (exact) mass is 274 g/mol. The SMILES string of the molecule is Cc1nc2cc(CNC(C)CCN(C)C)ccc2n1C. The molecule has 1 N–H and O–H groups in total. The number of hydrogen-bond acceptors (Lipinski definition) is 3. The largest absolute Gasteiger partial charge is 0.331 e. The smallest absolute Gasteiger partial charge is 0.106 e. The van der Waals surface area contributed by atoms with Crippen LogP contribution in [-0.4, -0.2) is 41.1 Å². The van der Waals surface area contributed by atoms with E-state index < -0.39 is 0 Å². The van der Waals surface area contributed by atoms with Crippen molar-refractivity contribution < 1.29 is 0 Å². The topological polar surface area (TPSA) is 33.1 Å². The molecule has 0 spiro atoms. The molecular weight excluding hydrogens is 248 g/mol.